The van der Waals surface area contributed by atoms with E-state index in [0.717, 1.165) is 0 Å². The Balaban J connectivity index is 2.42. The van der Waals surface area contributed by atoms with Crippen LogP contribution in [-0.2, 0) is 9.53 Å². The van der Waals surface area contributed by atoms with Gasteiger partial charge >= 0.3 is 6.09 Å². The molecule has 7 nitrogen and oxygen atoms in total. The summed E-state index contributed by atoms with van der Waals surface area (Å²) in [6.45, 7) is 7.01. The fourth-order valence-electron chi connectivity index (χ4n) is 3.27. The van der Waals surface area contributed by atoms with Gasteiger partial charge in [-0.05, 0) is 30.7 Å². The average molecular weight is 432 g/mol. The van der Waals surface area contributed by atoms with Crippen molar-refractivity contribution in [2.45, 2.75) is 39.7 Å². The molecule has 0 aliphatic rings. The van der Waals surface area contributed by atoms with E-state index in [1.54, 1.807) is 70.2 Å². The largest absolute Gasteiger partial charge is 0.432 e. The molecule has 0 spiro atoms. The maximum atomic E-state index is 13.3. The maximum absolute atomic E-state index is 13.3. The number of anilines is 2. The monoisotopic (exact) mass is 431 g/mol. The summed E-state index contributed by atoms with van der Waals surface area (Å²) in [4.78, 5) is 37.7. The van der Waals surface area contributed by atoms with Crippen LogP contribution in [0.1, 0.15) is 44.5 Å². The Bertz CT molecular complexity index is 941. The normalized spacial score (nSPS) is 13.1. The highest BCUT2D eigenvalue weighted by atomic mass is 35.5. The number of halogens is 1. The molecule has 30 heavy (non-hydrogen) atoms. The molecule has 0 radical (unpaired) electrons. The summed E-state index contributed by atoms with van der Waals surface area (Å²) in [7, 11) is 0. The summed E-state index contributed by atoms with van der Waals surface area (Å²) in [6, 6.07) is 13.6. The zero-order chi connectivity index (χ0) is 22.5. The van der Waals surface area contributed by atoms with E-state index in [1.807, 2.05) is 6.07 Å². The molecule has 0 fully saturated rings. The van der Waals surface area contributed by atoms with Crippen LogP contribution in [0.4, 0.5) is 16.2 Å². The van der Waals surface area contributed by atoms with Gasteiger partial charge in [0.05, 0.1) is 16.3 Å². The molecular formula is C22H26ClN3O4. The molecule has 4 N–H and O–H groups in total. The average Bonchev–Trinajstić information content (AvgIpc) is 2.65. The van der Waals surface area contributed by atoms with Crippen molar-refractivity contribution >= 4 is 40.9 Å². The first-order valence-electron chi connectivity index (χ1n) is 9.46. The van der Waals surface area contributed by atoms with Gasteiger partial charge in [0.2, 0.25) is 0 Å². The lowest BCUT2D eigenvalue weighted by Crippen LogP contribution is -2.56. The van der Waals surface area contributed by atoms with Crippen LogP contribution in [0.15, 0.2) is 48.5 Å². The molecule has 2 aromatic carbocycles. The summed E-state index contributed by atoms with van der Waals surface area (Å²) in [5.74, 6) is -1.09. The van der Waals surface area contributed by atoms with Gasteiger partial charge in [-0.25, -0.2) is 4.79 Å². The fraction of sp³-hybridized carbons (Fsp3) is 0.318. The van der Waals surface area contributed by atoms with E-state index in [9.17, 15) is 14.4 Å². The first-order valence-corrected chi connectivity index (χ1v) is 9.84. The van der Waals surface area contributed by atoms with Gasteiger partial charge in [0.15, 0.2) is 5.60 Å². The number of carbonyl (C=O) groups excluding carboxylic acids is 3. The van der Waals surface area contributed by atoms with Crippen molar-refractivity contribution in [3.8, 4) is 0 Å². The molecule has 8 heteroatoms. The summed E-state index contributed by atoms with van der Waals surface area (Å²) in [5, 5.41) is 5.61. The lowest BCUT2D eigenvalue weighted by molar-refractivity contribution is -0.146. The fourth-order valence-corrected chi connectivity index (χ4v) is 3.53. The number of ether oxygens (including phenoxy) is 1. The number of para-hydroxylation sites is 1. The third kappa shape index (κ3) is 4.91. The molecule has 0 saturated carbocycles. The van der Waals surface area contributed by atoms with E-state index in [-0.39, 0.29) is 22.7 Å². The molecule has 160 valence electrons. The summed E-state index contributed by atoms with van der Waals surface area (Å²) in [6.07, 6.45) is -0.882. The van der Waals surface area contributed by atoms with Crippen LogP contribution in [0.3, 0.4) is 0 Å². The SMILES string of the molecule is CC[C@@](OC(N)=O)(C(=O)Nc1cccc(Cl)c1C(=O)Nc1ccccc1)C(C)(C)C. The lowest BCUT2D eigenvalue weighted by Gasteiger charge is -2.41. The molecule has 2 rings (SSSR count). The van der Waals surface area contributed by atoms with E-state index in [4.69, 9.17) is 22.1 Å². The minimum Gasteiger partial charge on any atom is -0.432 e. The maximum Gasteiger partial charge on any atom is 0.405 e. The van der Waals surface area contributed by atoms with Crippen molar-refractivity contribution in [1.29, 1.82) is 0 Å². The number of benzene rings is 2. The number of hydrogen-bond donors (Lipinski definition) is 3. The Kier molecular flexibility index (Phi) is 7.10. The van der Waals surface area contributed by atoms with Crippen molar-refractivity contribution in [3.05, 3.63) is 59.1 Å². The number of carbonyl (C=O) groups is 3. The first-order chi connectivity index (χ1) is 14.0. The van der Waals surface area contributed by atoms with Crippen molar-refractivity contribution in [1.82, 2.24) is 0 Å². The second-order valence-corrected chi connectivity index (χ2v) is 8.20. The van der Waals surface area contributed by atoms with Crippen LogP contribution in [-0.4, -0.2) is 23.5 Å². The Morgan fingerprint density at radius 1 is 1.00 bits per heavy atom. The van der Waals surface area contributed by atoms with Gasteiger partial charge in [0.25, 0.3) is 11.8 Å². The highest BCUT2D eigenvalue weighted by molar-refractivity contribution is 6.35. The Morgan fingerprint density at radius 3 is 2.17 bits per heavy atom. The van der Waals surface area contributed by atoms with Crippen LogP contribution >= 0.6 is 11.6 Å². The number of nitrogens with two attached hydrogens (primary N) is 1. The molecule has 0 aliphatic carbocycles. The van der Waals surface area contributed by atoms with Gasteiger partial charge in [-0.2, -0.15) is 0 Å². The second kappa shape index (κ2) is 9.17. The van der Waals surface area contributed by atoms with Gasteiger partial charge in [-0.15, -0.1) is 0 Å². The molecule has 0 bridgehead atoms. The van der Waals surface area contributed by atoms with E-state index >= 15 is 0 Å². The molecule has 1 atom stereocenters. The van der Waals surface area contributed by atoms with Crippen LogP contribution in [0.5, 0.6) is 0 Å². The minimum atomic E-state index is -1.55. The quantitative estimate of drug-likeness (QED) is 0.608. The highest BCUT2D eigenvalue weighted by Gasteiger charge is 2.51. The predicted molar refractivity (Wildman–Crippen MR) is 118 cm³/mol. The summed E-state index contributed by atoms with van der Waals surface area (Å²) in [5.41, 5.74) is 3.79. The van der Waals surface area contributed by atoms with Crippen molar-refractivity contribution in [3.63, 3.8) is 0 Å². The third-order valence-corrected chi connectivity index (χ3v) is 5.19. The predicted octanol–water partition coefficient (Wildman–Crippen LogP) is 4.82. The van der Waals surface area contributed by atoms with E-state index < -0.39 is 28.9 Å². The minimum absolute atomic E-state index is 0.0920. The topological polar surface area (TPSA) is 111 Å². The van der Waals surface area contributed by atoms with Gasteiger partial charge in [-0.1, -0.05) is 63.6 Å². The zero-order valence-corrected chi connectivity index (χ0v) is 18.2. The standard InChI is InChI=1S/C22H26ClN3O4/c1-5-22(21(2,3)4,30-20(24)29)19(28)26-16-13-9-12-15(23)17(16)18(27)25-14-10-7-6-8-11-14/h6-13H,5H2,1-4H3,(H2,24,29)(H,25,27)(H,26,28)/t22-/m1/s1. The molecule has 0 aliphatic heterocycles. The van der Waals surface area contributed by atoms with E-state index in [0.29, 0.717) is 5.69 Å². The Labute approximate surface area is 180 Å². The van der Waals surface area contributed by atoms with Crippen molar-refractivity contribution in [2.75, 3.05) is 10.6 Å². The van der Waals surface area contributed by atoms with Gasteiger partial charge in [-0.3, -0.25) is 9.59 Å². The van der Waals surface area contributed by atoms with Crippen LogP contribution in [0.2, 0.25) is 5.02 Å². The number of nitrogens with one attached hydrogen (secondary N) is 2. The summed E-state index contributed by atoms with van der Waals surface area (Å²) >= 11 is 6.28. The smallest absolute Gasteiger partial charge is 0.405 e. The van der Waals surface area contributed by atoms with Crippen molar-refractivity contribution < 1.29 is 19.1 Å². The number of hydrogen-bond acceptors (Lipinski definition) is 4. The zero-order valence-electron chi connectivity index (χ0n) is 17.4. The molecule has 2 aromatic rings. The third-order valence-electron chi connectivity index (χ3n) is 4.87. The molecule has 0 saturated heterocycles. The van der Waals surface area contributed by atoms with Crippen LogP contribution in [0.25, 0.3) is 0 Å². The molecule has 0 unspecified atom stereocenters. The van der Waals surface area contributed by atoms with E-state index in [2.05, 4.69) is 10.6 Å². The molecule has 3 amide bonds. The second-order valence-electron chi connectivity index (χ2n) is 7.79. The Hall–Kier alpha value is -3.06. The number of amides is 3. The van der Waals surface area contributed by atoms with Crippen LogP contribution < -0.4 is 16.4 Å². The number of primary amides is 1. The van der Waals surface area contributed by atoms with Gasteiger partial charge < -0.3 is 21.1 Å². The number of rotatable bonds is 6. The van der Waals surface area contributed by atoms with Crippen LogP contribution in [0, 0.1) is 5.41 Å². The van der Waals surface area contributed by atoms with Crippen molar-refractivity contribution in [2.24, 2.45) is 11.1 Å². The van der Waals surface area contributed by atoms with E-state index in [1.165, 1.54) is 0 Å². The molecule has 0 heterocycles. The lowest BCUT2D eigenvalue weighted by atomic mass is 9.73. The van der Waals surface area contributed by atoms with Gasteiger partial charge in [0.1, 0.15) is 0 Å². The summed E-state index contributed by atoms with van der Waals surface area (Å²) < 4.78 is 5.31. The van der Waals surface area contributed by atoms with Gasteiger partial charge in [0, 0.05) is 11.1 Å². The highest BCUT2D eigenvalue weighted by Crippen LogP contribution is 2.38. The molecular weight excluding hydrogens is 406 g/mol. The first kappa shape index (κ1) is 23.2. The molecule has 0 aromatic heterocycles. The Morgan fingerprint density at radius 2 is 1.63 bits per heavy atom.